The van der Waals surface area contributed by atoms with E-state index >= 15 is 0 Å². The zero-order valence-corrected chi connectivity index (χ0v) is 12.7. The number of amides is 1. The minimum absolute atomic E-state index is 0.100. The molecule has 3 nitrogen and oxygen atoms in total. The van der Waals surface area contributed by atoms with Gasteiger partial charge < -0.3 is 11.1 Å². The SMILES string of the molecule is CC(NC(=O)C(N)Cc1ccccc1)c1ccc(Cl)cc1. The van der Waals surface area contributed by atoms with Crippen molar-refractivity contribution in [2.75, 3.05) is 0 Å². The lowest BCUT2D eigenvalue weighted by atomic mass is 10.0. The number of carbonyl (C=O) groups is 1. The van der Waals surface area contributed by atoms with Crippen molar-refractivity contribution in [2.24, 2.45) is 5.73 Å². The van der Waals surface area contributed by atoms with Crippen molar-refractivity contribution in [3.63, 3.8) is 0 Å². The lowest BCUT2D eigenvalue weighted by Crippen LogP contribution is -2.42. The Kier molecular flexibility index (Phi) is 5.37. The van der Waals surface area contributed by atoms with Gasteiger partial charge in [-0.15, -0.1) is 0 Å². The standard InChI is InChI=1S/C17H19ClN2O/c1-12(14-7-9-15(18)10-8-14)20-17(21)16(19)11-13-5-3-2-4-6-13/h2-10,12,16H,11,19H2,1H3,(H,20,21). The molecule has 4 heteroatoms. The van der Waals surface area contributed by atoms with E-state index in [1.54, 1.807) is 0 Å². The van der Waals surface area contributed by atoms with Crippen LogP contribution in [0.3, 0.4) is 0 Å². The van der Waals surface area contributed by atoms with Crippen LogP contribution in [0.25, 0.3) is 0 Å². The highest BCUT2D eigenvalue weighted by Gasteiger charge is 2.16. The Balaban J connectivity index is 1.92. The molecule has 2 atom stereocenters. The summed E-state index contributed by atoms with van der Waals surface area (Å²) in [6.07, 6.45) is 0.528. The number of carbonyl (C=O) groups excluding carboxylic acids is 1. The van der Waals surface area contributed by atoms with E-state index in [1.807, 2.05) is 61.5 Å². The second-order valence-corrected chi connectivity index (χ2v) is 5.51. The van der Waals surface area contributed by atoms with Gasteiger partial charge in [0.2, 0.25) is 5.91 Å². The van der Waals surface area contributed by atoms with E-state index in [4.69, 9.17) is 17.3 Å². The molecule has 0 spiro atoms. The first-order valence-corrected chi connectivity index (χ1v) is 7.29. The molecule has 0 aliphatic rings. The summed E-state index contributed by atoms with van der Waals surface area (Å²) in [4.78, 5) is 12.1. The van der Waals surface area contributed by atoms with Crippen molar-refractivity contribution in [1.29, 1.82) is 0 Å². The minimum atomic E-state index is -0.554. The Morgan fingerprint density at radius 3 is 2.38 bits per heavy atom. The molecular formula is C17H19ClN2O. The third-order valence-corrected chi connectivity index (χ3v) is 3.62. The Morgan fingerprint density at radius 1 is 1.14 bits per heavy atom. The molecule has 2 aromatic carbocycles. The highest BCUT2D eigenvalue weighted by molar-refractivity contribution is 6.30. The number of rotatable bonds is 5. The molecule has 0 saturated carbocycles. The first-order valence-electron chi connectivity index (χ1n) is 6.91. The molecule has 0 heterocycles. The molecule has 0 saturated heterocycles. The topological polar surface area (TPSA) is 55.1 Å². The lowest BCUT2D eigenvalue weighted by molar-refractivity contribution is -0.123. The average Bonchev–Trinajstić information content (AvgIpc) is 2.48. The largest absolute Gasteiger partial charge is 0.348 e. The van der Waals surface area contributed by atoms with E-state index < -0.39 is 6.04 Å². The van der Waals surface area contributed by atoms with E-state index in [0.29, 0.717) is 11.4 Å². The minimum Gasteiger partial charge on any atom is -0.348 e. The number of nitrogens with one attached hydrogen (secondary N) is 1. The van der Waals surface area contributed by atoms with Crippen molar-refractivity contribution in [3.05, 3.63) is 70.7 Å². The predicted octanol–water partition coefficient (Wildman–Crippen LogP) is 3.09. The zero-order chi connectivity index (χ0) is 15.2. The van der Waals surface area contributed by atoms with Gasteiger partial charge in [-0.1, -0.05) is 54.1 Å². The fourth-order valence-corrected chi connectivity index (χ4v) is 2.24. The van der Waals surface area contributed by atoms with Gasteiger partial charge in [0.15, 0.2) is 0 Å². The highest BCUT2D eigenvalue weighted by atomic mass is 35.5. The summed E-state index contributed by atoms with van der Waals surface area (Å²) in [6.45, 7) is 1.93. The monoisotopic (exact) mass is 302 g/mol. The second-order valence-electron chi connectivity index (χ2n) is 5.08. The molecule has 0 aliphatic carbocycles. The molecule has 2 rings (SSSR count). The van der Waals surface area contributed by atoms with Crippen LogP contribution in [0.5, 0.6) is 0 Å². The van der Waals surface area contributed by atoms with Crippen molar-refractivity contribution in [2.45, 2.75) is 25.4 Å². The van der Waals surface area contributed by atoms with E-state index in [2.05, 4.69) is 5.32 Å². The molecule has 3 N–H and O–H groups in total. The quantitative estimate of drug-likeness (QED) is 0.892. The molecule has 110 valence electrons. The van der Waals surface area contributed by atoms with Crippen LogP contribution in [-0.2, 0) is 11.2 Å². The summed E-state index contributed by atoms with van der Waals surface area (Å²) in [5.41, 5.74) is 8.02. The van der Waals surface area contributed by atoms with Gasteiger partial charge >= 0.3 is 0 Å². The van der Waals surface area contributed by atoms with Gasteiger partial charge in [-0.05, 0) is 36.6 Å². The van der Waals surface area contributed by atoms with Gasteiger partial charge in [-0.25, -0.2) is 0 Å². The second kappa shape index (κ2) is 7.25. The van der Waals surface area contributed by atoms with Gasteiger partial charge in [0.25, 0.3) is 0 Å². The summed E-state index contributed by atoms with van der Waals surface area (Å²) in [7, 11) is 0. The van der Waals surface area contributed by atoms with Gasteiger partial charge in [0.05, 0.1) is 12.1 Å². The van der Waals surface area contributed by atoms with E-state index in [1.165, 1.54) is 0 Å². The predicted molar refractivity (Wildman–Crippen MR) is 86.1 cm³/mol. The van der Waals surface area contributed by atoms with Crippen LogP contribution in [0.1, 0.15) is 24.1 Å². The normalized spacial score (nSPS) is 13.5. The Morgan fingerprint density at radius 2 is 1.76 bits per heavy atom. The number of nitrogens with two attached hydrogens (primary N) is 1. The molecule has 0 radical (unpaired) electrons. The molecule has 1 amide bonds. The molecule has 21 heavy (non-hydrogen) atoms. The van der Waals surface area contributed by atoms with E-state index in [9.17, 15) is 4.79 Å². The van der Waals surface area contributed by atoms with Crippen molar-refractivity contribution in [1.82, 2.24) is 5.32 Å². The van der Waals surface area contributed by atoms with Gasteiger partial charge in [0.1, 0.15) is 0 Å². The van der Waals surface area contributed by atoms with E-state index in [-0.39, 0.29) is 11.9 Å². The zero-order valence-electron chi connectivity index (χ0n) is 11.9. The summed E-state index contributed by atoms with van der Waals surface area (Å²) >= 11 is 5.86. The first kappa shape index (κ1) is 15.5. The van der Waals surface area contributed by atoms with Crippen LogP contribution in [-0.4, -0.2) is 11.9 Å². The molecule has 0 bridgehead atoms. The fourth-order valence-electron chi connectivity index (χ4n) is 2.12. The molecule has 2 unspecified atom stereocenters. The fraction of sp³-hybridized carbons (Fsp3) is 0.235. The Bertz CT molecular complexity index is 583. The lowest BCUT2D eigenvalue weighted by Gasteiger charge is -2.18. The third kappa shape index (κ3) is 4.59. The van der Waals surface area contributed by atoms with Crippen LogP contribution in [0.2, 0.25) is 5.02 Å². The maximum absolute atomic E-state index is 12.1. The third-order valence-electron chi connectivity index (χ3n) is 3.36. The van der Waals surface area contributed by atoms with Crippen LogP contribution < -0.4 is 11.1 Å². The first-order chi connectivity index (χ1) is 10.1. The number of hydrogen-bond donors (Lipinski definition) is 2. The summed E-state index contributed by atoms with van der Waals surface area (Å²) in [5, 5.41) is 3.61. The van der Waals surface area contributed by atoms with Crippen LogP contribution in [0.4, 0.5) is 0 Å². The molecular weight excluding hydrogens is 284 g/mol. The van der Waals surface area contributed by atoms with Crippen LogP contribution >= 0.6 is 11.6 Å². The van der Waals surface area contributed by atoms with Crippen molar-refractivity contribution < 1.29 is 4.79 Å². The Labute approximate surface area is 130 Å². The number of hydrogen-bond acceptors (Lipinski definition) is 2. The molecule has 0 aliphatic heterocycles. The van der Waals surface area contributed by atoms with Gasteiger partial charge in [-0.2, -0.15) is 0 Å². The summed E-state index contributed by atoms with van der Waals surface area (Å²) in [5.74, 6) is -0.152. The smallest absolute Gasteiger partial charge is 0.237 e. The maximum atomic E-state index is 12.1. The number of halogens is 1. The van der Waals surface area contributed by atoms with Crippen LogP contribution in [0.15, 0.2) is 54.6 Å². The number of benzene rings is 2. The van der Waals surface area contributed by atoms with Gasteiger partial charge in [0, 0.05) is 5.02 Å². The van der Waals surface area contributed by atoms with E-state index in [0.717, 1.165) is 11.1 Å². The average molecular weight is 303 g/mol. The maximum Gasteiger partial charge on any atom is 0.237 e. The molecule has 2 aromatic rings. The van der Waals surface area contributed by atoms with Crippen LogP contribution in [0, 0.1) is 0 Å². The highest BCUT2D eigenvalue weighted by Crippen LogP contribution is 2.16. The summed E-state index contributed by atoms with van der Waals surface area (Å²) < 4.78 is 0. The molecule has 0 aromatic heterocycles. The van der Waals surface area contributed by atoms with Crippen molar-refractivity contribution in [3.8, 4) is 0 Å². The van der Waals surface area contributed by atoms with Crippen molar-refractivity contribution >= 4 is 17.5 Å². The van der Waals surface area contributed by atoms with Gasteiger partial charge in [-0.3, -0.25) is 4.79 Å². The summed E-state index contributed by atoms with van der Waals surface area (Å²) in [6, 6.07) is 16.5. The Hall–Kier alpha value is -1.84. The molecule has 0 fully saturated rings.